The Kier molecular flexibility index (Phi) is 3.17. The molecule has 0 radical (unpaired) electrons. The van der Waals surface area contributed by atoms with Gasteiger partial charge >= 0.3 is 11.9 Å². The first-order valence-corrected chi connectivity index (χ1v) is 4.64. The van der Waals surface area contributed by atoms with E-state index in [9.17, 15) is 18.4 Å². The fraction of sp³-hybridized carbons (Fsp3) is 0.273. The van der Waals surface area contributed by atoms with Crippen molar-refractivity contribution in [3.63, 3.8) is 0 Å². The summed E-state index contributed by atoms with van der Waals surface area (Å²) in [6, 6.07) is 2.06. The van der Waals surface area contributed by atoms with Crippen LogP contribution in [0.25, 0.3) is 0 Å². The van der Waals surface area contributed by atoms with Gasteiger partial charge in [0.15, 0.2) is 0 Å². The number of aryl methyl sites for hydroxylation is 1. The van der Waals surface area contributed by atoms with Crippen LogP contribution in [0.4, 0.5) is 8.78 Å². The highest BCUT2D eigenvalue weighted by Crippen LogP contribution is 2.33. The number of alkyl halides is 2. The minimum atomic E-state index is -3.53. The lowest BCUT2D eigenvalue weighted by Gasteiger charge is -2.17. The molecule has 4 nitrogen and oxygen atoms in total. The number of carboxylic acid groups (broad SMARTS) is 2. The minimum Gasteiger partial charge on any atom is -0.478 e. The molecule has 1 aromatic carbocycles. The largest absolute Gasteiger partial charge is 0.478 e. The van der Waals surface area contributed by atoms with Crippen molar-refractivity contribution in [3.8, 4) is 0 Å². The second kappa shape index (κ2) is 4.12. The van der Waals surface area contributed by atoms with Crippen LogP contribution in [-0.4, -0.2) is 22.2 Å². The Morgan fingerprint density at radius 3 is 1.71 bits per heavy atom. The number of carbonyl (C=O) groups is 2. The predicted octanol–water partition coefficient (Wildman–Crippen LogP) is 2.50. The van der Waals surface area contributed by atoms with Crippen LogP contribution in [0.5, 0.6) is 0 Å². The van der Waals surface area contributed by atoms with E-state index in [0.29, 0.717) is 12.5 Å². The van der Waals surface area contributed by atoms with Crippen molar-refractivity contribution in [1.82, 2.24) is 0 Å². The standard InChI is InChI=1S/C11H10F2O4/c1-5-3-6(9(14)15)8(11(2,12)13)7(4-5)10(16)17/h3-4H,1-2H3,(H,14,15)(H,16,17). The molecule has 0 saturated carbocycles. The number of hydrogen-bond acceptors (Lipinski definition) is 2. The van der Waals surface area contributed by atoms with Gasteiger partial charge in [0.1, 0.15) is 0 Å². The van der Waals surface area contributed by atoms with E-state index in [1.165, 1.54) is 6.92 Å². The summed E-state index contributed by atoms with van der Waals surface area (Å²) in [7, 11) is 0. The molecule has 0 heterocycles. The zero-order valence-electron chi connectivity index (χ0n) is 9.12. The molecule has 1 aromatic rings. The lowest BCUT2D eigenvalue weighted by atomic mass is 9.94. The maximum absolute atomic E-state index is 13.3. The van der Waals surface area contributed by atoms with Crippen LogP contribution >= 0.6 is 0 Å². The van der Waals surface area contributed by atoms with E-state index in [0.717, 1.165) is 12.1 Å². The summed E-state index contributed by atoms with van der Waals surface area (Å²) in [5, 5.41) is 17.7. The molecule has 17 heavy (non-hydrogen) atoms. The SMILES string of the molecule is Cc1cc(C(=O)O)c(C(C)(F)F)c(C(=O)O)c1. The van der Waals surface area contributed by atoms with E-state index in [1.807, 2.05) is 0 Å². The Morgan fingerprint density at radius 1 is 1.12 bits per heavy atom. The molecule has 1 rings (SSSR count). The molecule has 0 aromatic heterocycles. The summed E-state index contributed by atoms with van der Waals surface area (Å²) in [6.07, 6.45) is 0. The summed E-state index contributed by atoms with van der Waals surface area (Å²) in [5.74, 6) is -6.68. The fourth-order valence-corrected chi connectivity index (χ4v) is 1.60. The third kappa shape index (κ3) is 2.58. The number of hydrogen-bond donors (Lipinski definition) is 2. The predicted molar refractivity (Wildman–Crippen MR) is 54.7 cm³/mol. The quantitative estimate of drug-likeness (QED) is 0.856. The summed E-state index contributed by atoms with van der Waals surface area (Å²) >= 11 is 0. The maximum Gasteiger partial charge on any atom is 0.336 e. The van der Waals surface area contributed by atoms with E-state index >= 15 is 0 Å². The second-order valence-corrected chi connectivity index (χ2v) is 3.73. The molecule has 0 unspecified atom stereocenters. The maximum atomic E-state index is 13.3. The number of benzene rings is 1. The third-order valence-electron chi connectivity index (χ3n) is 2.18. The van der Waals surface area contributed by atoms with Crippen LogP contribution in [0.15, 0.2) is 12.1 Å². The average Bonchev–Trinajstić information content (AvgIpc) is 2.14. The van der Waals surface area contributed by atoms with Gasteiger partial charge in [-0.15, -0.1) is 0 Å². The van der Waals surface area contributed by atoms with Crippen LogP contribution in [0.1, 0.15) is 38.8 Å². The van der Waals surface area contributed by atoms with Crippen LogP contribution in [0, 0.1) is 6.92 Å². The zero-order chi connectivity index (χ0) is 13.4. The van der Waals surface area contributed by atoms with E-state index in [2.05, 4.69) is 0 Å². The van der Waals surface area contributed by atoms with E-state index < -0.39 is 34.6 Å². The summed E-state index contributed by atoms with van der Waals surface area (Å²) in [6.45, 7) is 1.91. The molecule has 0 saturated heterocycles. The van der Waals surface area contributed by atoms with Crippen LogP contribution in [0.2, 0.25) is 0 Å². The monoisotopic (exact) mass is 244 g/mol. The summed E-state index contributed by atoms with van der Waals surface area (Å²) < 4.78 is 26.6. The van der Waals surface area contributed by atoms with Gasteiger partial charge in [-0.1, -0.05) is 0 Å². The number of carboxylic acids is 2. The van der Waals surface area contributed by atoms with Crippen LogP contribution in [0.3, 0.4) is 0 Å². The minimum absolute atomic E-state index is 0.299. The Bertz CT molecular complexity index is 454. The lowest BCUT2D eigenvalue weighted by molar-refractivity contribution is 0.0133. The van der Waals surface area contributed by atoms with Gasteiger partial charge < -0.3 is 10.2 Å². The normalized spacial score (nSPS) is 11.3. The average molecular weight is 244 g/mol. The number of aromatic carboxylic acids is 2. The first-order valence-electron chi connectivity index (χ1n) is 4.64. The Labute approximate surface area is 95.5 Å². The molecular weight excluding hydrogens is 234 g/mol. The molecule has 2 N–H and O–H groups in total. The molecular formula is C11H10F2O4. The molecule has 92 valence electrons. The lowest BCUT2D eigenvalue weighted by Crippen LogP contribution is -2.20. The highest BCUT2D eigenvalue weighted by molar-refractivity contribution is 5.97. The van der Waals surface area contributed by atoms with Crippen LogP contribution in [-0.2, 0) is 5.92 Å². The zero-order valence-corrected chi connectivity index (χ0v) is 9.12. The van der Waals surface area contributed by atoms with Gasteiger partial charge in [0, 0.05) is 12.5 Å². The van der Waals surface area contributed by atoms with Gasteiger partial charge in [-0.25, -0.2) is 18.4 Å². The van der Waals surface area contributed by atoms with Crippen molar-refractivity contribution >= 4 is 11.9 Å². The van der Waals surface area contributed by atoms with Gasteiger partial charge in [0.25, 0.3) is 5.92 Å². The van der Waals surface area contributed by atoms with Gasteiger partial charge in [0.05, 0.1) is 11.1 Å². The van der Waals surface area contributed by atoms with Crippen molar-refractivity contribution in [1.29, 1.82) is 0 Å². The summed E-state index contributed by atoms with van der Waals surface area (Å²) in [4.78, 5) is 21.7. The molecule has 0 fully saturated rings. The van der Waals surface area contributed by atoms with Crippen LogP contribution < -0.4 is 0 Å². The van der Waals surface area contributed by atoms with E-state index in [-0.39, 0.29) is 0 Å². The highest BCUT2D eigenvalue weighted by atomic mass is 19.3. The Morgan fingerprint density at radius 2 is 1.47 bits per heavy atom. The van der Waals surface area contributed by atoms with Gasteiger partial charge in [0.2, 0.25) is 0 Å². The smallest absolute Gasteiger partial charge is 0.336 e. The van der Waals surface area contributed by atoms with Crippen molar-refractivity contribution in [2.45, 2.75) is 19.8 Å². The topological polar surface area (TPSA) is 74.6 Å². The molecule has 6 heteroatoms. The van der Waals surface area contributed by atoms with Gasteiger partial charge in [-0.3, -0.25) is 0 Å². The van der Waals surface area contributed by atoms with Crippen molar-refractivity contribution in [2.75, 3.05) is 0 Å². The van der Waals surface area contributed by atoms with Gasteiger partial charge in [-0.2, -0.15) is 0 Å². The molecule has 0 spiro atoms. The van der Waals surface area contributed by atoms with E-state index in [4.69, 9.17) is 10.2 Å². The Hall–Kier alpha value is -1.98. The highest BCUT2D eigenvalue weighted by Gasteiger charge is 2.35. The number of halogens is 2. The van der Waals surface area contributed by atoms with Crippen molar-refractivity contribution in [3.05, 3.63) is 34.4 Å². The first kappa shape index (κ1) is 13.1. The fourth-order valence-electron chi connectivity index (χ4n) is 1.60. The Balaban J connectivity index is 3.72. The molecule has 0 aliphatic carbocycles. The second-order valence-electron chi connectivity index (χ2n) is 3.73. The molecule has 0 bridgehead atoms. The van der Waals surface area contributed by atoms with Crippen molar-refractivity contribution < 1.29 is 28.6 Å². The van der Waals surface area contributed by atoms with Gasteiger partial charge in [-0.05, 0) is 24.6 Å². The molecule has 0 aliphatic rings. The number of rotatable bonds is 3. The molecule has 0 atom stereocenters. The third-order valence-corrected chi connectivity index (χ3v) is 2.18. The molecule has 0 aliphatic heterocycles. The van der Waals surface area contributed by atoms with E-state index in [1.54, 1.807) is 0 Å². The summed E-state index contributed by atoms with van der Waals surface area (Å²) in [5.41, 5.74) is -2.04. The molecule has 0 amide bonds. The van der Waals surface area contributed by atoms with Crippen molar-refractivity contribution in [2.24, 2.45) is 0 Å². The first-order chi connectivity index (χ1) is 7.64.